The molecule has 0 atom stereocenters. The van der Waals surface area contributed by atoms with Crippen LogP contribution in [-0.2, 0) is 6.54 Å². The molecule has 0 radical (unpaired) electrons. The predicted octanol–water partition coefficient (Wildman–Crippen LogP) is 1.50. The van der Waals surface area contributed by atoms with E-state index in [0.29, 0.717) is 6.54 Å². The van der Waals surface area contributed by atoms with Gasteiger partial charge >= 0.3 is 6.03 Å². The summed E-state index contributed by atoms with van der Waals surface area (Å²) in [6.45, 7) is 7.95. The molecule has 2 N–H and O–H groups in total. The van der Waals surface area contributed by atoms with E-state index >= 15 is 0 Å². The van der Waals surface area contributed by atoms with Crippen LogP contribution < -0.4 is 10.6 Å². The first kappa shape index (κ1) is 11.6. The lowest BCUT2D eigenvalue weighted by atomic mass is 10.2. The Kier molecular flexibility index (Phi) is 3.71. The van der Waals surface area contributed by atoms with Gasteiger partial charge in [0.25, 0.3) is 0 Å². The van der Waals surface area contributed by atoms with Crippen molar-refractivity contribution in [2.75, 3.05) is 0 Å². The van der Waals surface area contributed by atoms with Crippen LogP contribution >= 0.6 is 0 Å². The van der Waals surface area contributed by atoms with Crippen molar-refractivity contribution in [1.82, 2.24) is 15.8 Å². The van der Waals surface area contributed by atoms with E-state index in [2.05, 4.69) is 15.8 Å². The molecule has 0 spiro atoms. The summed E-state index contributed by atoms with van der Waals surface area (Å²) < 4.78 is 4.99. The Morgan fingerprint density at radius 2 is 2.13 bits per heavy atom. The summed E-state index contributed by atoms with van der Waals surface area (Å²) in [4.78, 5) is 11.3. The Labute approximate surface area is 89.2 Å². The van der Waals surface area contributed by atoms with E-state index in [1.54, 1.807) is 0 Å². The first-order valence-corrected chi connectivity index (χ1v) is 4.96. The molecule has 2 amide bonds. The highest BCUT2D eigenvalue weighted by atomic mass is 16.5. The number of aromatic nitrogens is 1. The molecule has 5 heteroatoms. The SMILES string of the molecule is Cc1noc(C)c1CNC(=O)NC(C)C. The molecular formula is C10H17N3O2. The number of nitrogens with one attached hydrogen (secondary N) is 2. The number of urea groups is 1. The maximum atomic E-state index is 11.3. The highest BCUT2D eigenvalue weighted by molar-refractivity contribution is 5.74. The van der Waals surface area contributed by atoms with Gasteiger partial charge in [-0.3, -0.25) is 0 Å². The lowest BCUT2D eigenvalue weighted by Gasteiger charge is -2.09. The Bertz CT molecular complexity index is 325. The van der Waals surface area contributed by atoms with Crippen LogP contribution in [0.25, 0.3) is 0 Å². The van der Waals surface area contributed by atoms with Gasteiger partial charge in [0.2, 0.25) is 0 Å². The summed E-state index contributed by atoms with van der Waals surface area (Å²) in [7, 11) is 0. The lowest BCUT2D eigenvalue weighted by molar-refractivity contribution is 0.238. The highest BCUT2D eigenvalue weighted by Gasteiger charge is 2.10. The van der Waals surface area contributed by atoms with Crippen molar-refractivity contribution in [2.45, 2.75) is 40.3 Å². The van der Waals surface area contributed by atoms with Crippen LogP contribution in [0.2, 0.25) is 0 Å². The minimum Gasteiger partial charge on any atom is -0.361 e. The molecule has 5 nitrogen and oxygen atoms in total. The van der Waals surface area contributed by atoms with Crippen LogP contribution in [-0.4, -0.2) is 17.2 Å². The smallest absolute Gasteiger partial charge is 0.315 e. The molecule has 1 heterocycles. The van der Waals surface area contributed by atoms with Crippen LogP contribution in [0.15, 0.2) is 4.52 Å². The van der Waals surface area contributed by atoms with E-state index in [-0.39, 0.29) is 12.1 Å². The van der Waals surface area contributed by atoms with Gasteiger partial charge in [-0.15, -0.1) is 0 Å². The molecule has 0 aliphatic rings. The second-order valence-electron chi connectivity index (χ2n) is 3.78. The predicted molar refractivity (Wildman–Crippen MR) is 56.5 cm³/mol. The van der Waals surface area contributed by atoms with Gasteiger partial charge in [0.05, 0.1) is 5.69 Å². The molecule has 15 heavy (non-hydrogen) atoms. The number of carbonyl (C=O) groups is 1. The van der Waals surface area contributed by atoms with Crippen molar-refractivity contribution in [2.24, 2.45) is 0 Å². The van der Waals surface area contributed by atoms with Gasteiger partial charge < -0.3 is 15.2 Å². The number of hydrogen-bond acceptors (Lipinski definition) is 3. The molecule has 0 unspecified atom stereocenters. The van der Waals surface area contributed by atoms with Crippen molar-refractivity contribution >= 4 is 6.03 Å². The monoisotopic (exact) mass is 211 g/mol. The molecular weight excluding hydrogens is 194 g/mol. The van der Waals surface area contributed by atoms with Gasteiger partial charge in [0, 0.05) is 18.2 Å². The number of rotatable bonds is 3. The maximum Gasteiger partial charge on any atom is 0.315 e. The van der Waals surface area contributed by atoms with Crippen molar-refractivity contribution in [3.05, 3.63) is 17.0 Å². The molecule has 1 aromatic rings. The van der Waals surface area contributed by atoms with E-state index in [4.69, 9.17) is 4.52 Å². The Morgan fingerprint density at radius 1 is 1.47 bits per heavy atom. The molecule has 0 fully saturated rings. The zero-order valence-electron chi connectivity index (χ0n) is 9.55. The minimum absolute atomic E-state index is 0.134. The summed E-state index contributed by atoms with van der Waals surface area (Å²) in [5, 5.41) is 9.30. The largest absolute Gasteiger partial charge is 0.361 e. The molecule has 1 aromatic heterocycles. The van der Waals surface area contributed by atoms with Gasteiger partial charge in [-0.2, -0.15) is 0 Å². The second-order valence-corrected chi connectivity index (χ2v) is 3.78. The van der Waals surface area contributed by atoms with Crippen molar-refractivity contribution in [3.8, 4) is 0 Å². The van der Waals surface area contributed by atoms with Gasteiger partial charge in [0.15, 0.2) is 0 Å². The molecule has 0 saturated heterocycles. The van der Waals surface area contributed by atoms with E-state index < -0.39 is 0 Å². The van der Waals surface area contributed by atoms with E-state index in [0.717, 1.165) is 17.0 Å². The van der Waals surface area contributed by atoms with Crippen LogP contribution in [0, 0.1) is 13.8 Å². The molecule has 0 aromatic carbocycles. The first-order valence-electron chi connectivity index (χ1n) is 4.96. The van der Waals surface area contributed by atoms with Crippen molar-refractivity contribution < 1.29 is 9.32 Å². The lowest BCUT2D eigenvalue weighted by Crippen LogP contribution is -2.39. The quantitative estimate of drug-likeness (QED) is 0.796. The zero-order chi connectivity index (χ0) is 11.4. The fraction of sp³-hybridized carbons (Fsp3) is 0.600. The van der Waals surface area contributed by atoms with E-state index in [1.807, 2.05) is 27.7 Å². The Balaban J connectivity index is 2.47. The summed E-state index contributed by atoms with van der Waals surface area (Å²) in [6.07, 6.45) is 0. The van der Waals surface area contributed by atoms with E-state index in [1.165, 1.54) is 0 Å². The van der Waals surface area contributed by atoms with Gasteiger partial charge in [-0.05, 0) is 27.7 Å². The summed E-state index contributed by atoms with van der Waals surface area (Å²) in [5.74, 6) is 0.748. The number of hydrogen-bond donors (Lipinski definition) is 2. The summed E-state index contributed by atoms with van der Waals surface area (Å²) in [5.41, 5.74) is 1.76. The molecule has 0 bridgehead atoms. The van der Waals surface area contributed by atoms with Crippen molar-refractivity contribution in [1.29, 1.82) is 0 Å². The first-order chi connectivity index (χ1) is 7.00. The number of nitrogens with zero attached hydrogens (tertiary/aromatic N) is 1. The van der Waals surface area contributed by atoms with Crippen molar-refractivity contribution in [3.63, 3.8) is 0 Å². The highest BCUT2D eigenvalue weighted by Crippen LogP contribution is 2.11. The van der Waals surface area contributed by atoms with Crippen LogP contribution in [0.5, 0.6) is 0 Å². The standard InChI is InChI=1S/C10H17N3O2/c1-6(2)12-10(14)11-5-9-7(3)13-15-8(9)4/h6H,5H2,1-4H3,(H2,11,12,14). The fourth-order valence-corrected chi connectivity index (χ4v) is 1.24. The third-order valence-electron chi connectivity index (χ3n) is 2.03. The molecule has 0 saturated carbocycles. The van der Waals surface area contributed by atoms with Crippen LogP contribution in [0.3, 0.4) is 0 Å². The minimum atomic E-state index is -0.176. The number of carbonyl (C=O) groups excluding carboxylic acids is 1. The maximum absolute atomic E-state index is 11.3. The van der Waals surface area contributed by atoms with Gasteiger partial charge in [-0.1, -0.05) is 5.16 Å². The summed E-state index contributed by atoms with van der Waals surface area (Å²) in [6, 6.07) is -0.0420. The third kappa shape index (κ3) is 3.27. The summed E-state index contributed by atoms with van der Waals surface area (Å²) >= 11 is 0. The Morgan fingerprint density at radius 3 is 2.60 bits per heavy atom. The average Bonchev–Trinajstić information content (AvgIpc) is 2.42. The normalized spacial score (nSPS) is 10.5. The van der Waals surface area contributed by atoms with E-state index in [9.17, 15) is 4.79 Å². The van der Waals surface area contributed by atoms with Crippen LogP contribution in [0.1, 0.15) is 30.9 Å². The third-order valence-corrected chi connectivity index (χ3v) is 2.03. The second kappa shape index (κ2) is 4.82. The van der Waals surface area contributed by atoms with Gasteiger partial charge in [0.1, 0.15) is 5.76 Å². The molecule has 0 aliphatic carbocycles. The molecule has 84 valence electrons. The fourth-order valence-electron chi connectivity index (χ4n) is 1.24. The number of amides is 2. The molecule has 0 aliphatic heterocycles. The topological polar surface area (TPSA) is 67.2 Å². The Hall–Kier alpha value is -1.52. The van der Waals surface area contributed by atoms with Crippen LogP contribution in [0.4, 0.5) is 4.79 Å². The average molecular weight is 211 g/mol. The number of aryl methyl sites for hydroxylation is 2. The zero-order valence-corrected chi connectivity index (χ0v) is 9.55. The van der Waals surface area contributed by atoms with Gasteiger partial charge in [-0.25, -0.2) is 4.79 Å². The molecule has 1 rings (SSSR count).